The van der Waals surface area contributed by atoms with Gasteiger partial charge in [0.15, 0.2) is 17.3 Å². The van der Waals surface area contributed by atoms with Gasteiger partial charge >= 0.3 is 0 Å². The zero-order valence-electron chi connectivity index (χ0n) is 23.9. The van der Waals surface area contributed by atoms with Crippen LogP contribution >= 0.6 is 0 Å². The molecule has 1 N–H and O–H groups in total. The number of benzene rings is 2. The monoisotopic (exact) mass is 554 g/mol. The number of carbonyl (C=O) groups is 1. The molecule has 41 heavy (non-hydrogen) atoms. The third kappa shape index (κ3) is 5.46. The normalized spacial score (nSPS) is 15.5. The summed E-state index contributed by atoms with van der Waals surface area (Å²) in [5, 5.41) is 3.13. The van der Waals surface area contributed by atoms with E-state index in [1.165, 1.54) is 5.56 Å². The summed E-state index contributed by atoms with van der Waals surface area (Å²) in [6.45, 7) is 6.04. The Bertz CT molecular complexity index is 1510. The van der Waals surface area contributed by atoms with Gasteiger partial charge in [0.25, 0.3) is 5.91 Å². The predicted octanol–water partition coefficient (Wildman–Crippen LogP) is 4.08. The van der Waals surface area contributed by atoms with Crippen molar-refractivity contribution in [3.63, 3.8) is 0 Å². The first kappa shape index (κ1) is 27.1. The number of aryl methyl sites for hydroxylation is 1. The van der Waals surface area contributed by atoms with E-state index in [4.69, 9.17) is 14.5 Å². The van der Waals surface area contributed by atoms with Gasteiger partial charge in [-0.25, -0.2) is 9.97 Å². The maximum absolute atomic E-state index is 13.8. The summed E-state index contributed by atoms with van der Waals surface area (Å²) in [5.41, 5.74) is 5.70. The molecule has 1 amide bonds. The first-order valence-electron chi connectivity index (χ1n) is 14.5. The van der Waals surface area contributed by atoms with Crippen molar-refractivity contribution in [2.24, 2.45) is 0 Å². The van der Waals surface area contributed by atoms with Crippen LogP contribution in [0.15, 0.2) is 54.9 Å². The fourth-order valence-electron chi connectivity index (χ4n) is 6.22. The number of anilines is 1. The summed E-state index contributed by atoms with van der Waals surface area (Å²) in [5.74, 6) is 2.09. The van der Waals surface area contributed by atoms with Crippen molar-refractivity contribution in [1.29, 1.82) is 0 Å². The van der Waals surface area contributed by atoms with Crippen molar-refractivity contribution in [3.8, 4) is 11.5 Å². The van der Waals surface area contributed by atoms with Crippen LogP contribution in [0, 0.1) is 0 Å². The van der Waals surface area contributed by atoms with Crippen LogP contribution in [-0.4, -0.2) is 72.3 Å². The zero-order chi connectivity index (χ0) is 28.2. The molecule has 0 radical (unpaired) electrons. The molecular formula is C32H38N6O3. The minimum atomic E-state index is -0.120. The van der Waals surface area contributed by atoms with E-state index in [9.17, 15) is 4.79 Å². The molecule has 0 spiro atoms. The summed E-state index contributed by atoms with van der Waals surface area (Å²) >= 11 is 0. The van der Waals surface area contributed by atoms with E-state index in [-0.39, 0.29) is 5.91 Å². The lowest BCUT2D eigenvalue weighted by Crippen LogP contribution is -2.47. The van der Waals surface area contributed by atoms with Crippen LogP contribution in [0.1, 0.15) is 40.0 Å². The Hall–Kier alpha value is -4.11. The molecule has 0 aliphatic carbocycles. The molecule has 2 aliphatic heterocycles. The molecule has 4 aromatic rings. The highest BCUT2D eigenvalue weighted by Gasteiger charge is 2.30. The molecule has 0 atom stereocenters. The van der Waals surface area contributed by atoms with E-state index < -0.39 is 0 Å². The molecule has 2 aromatic carbocycles. The third-order valence-electron chi connectivity index (χ3n) is 8.35. The number of nitrogens with one attached hydrogen (secondary N) is 1. The number of hydrogen-bond acceptors (Lipinski definition) is 7. The van der Waals surface area contributed by atoms with Gasteiger partial charge in [-0.2, -0.15) is 0 Å². The Morgan fingerprint density at radius 2 is 1.76 bits per heavy atom. The lowest BCUT2D eigenvalue weighted by atomic mass is 10.1. The highest BCUT2D eigenvalue weighted by atomic mass is 16.5. The Morgan fingerprint density at radius 1 is 0.927 bits per heavy atom. The summed E-state index contributed by atoms with van der Waals surface area (Å²) in [6.07, 6.45) is 5.68. The van der Waals surface area contributed by atoms with E-state index in [0.717, 1.165) is 93.1 Å². The van der Waals surface area contributed by atoms with Crippen LogP contribution in [0.25, 0.3) is 11.0 Å². The molecular weight excluding hydrogens is 516 g/mol. The van der Waals surface area contributed by atoms with Crippen LogP contribution in [0.5, 0.6) is 11.5 Å². The number of hydrogen-bond donors (Lipinski definition) is 1. The average molecular weight is 555 g/mol. The number of ether oxygens (including phenoxy) is 2. The van der Waals surface area contributed by atoms with E-state index >= 15 is 0 Å². The Labute approximate surface area is 241 Å². The summed E-state index contributed by atoms with van der Waals surface area (Å²) in [7, 11) is 3.23. The van der Waals surface area contributed by atoms with Gasteiger partial charge in [-0.05, 0) is 37.3 Å². The third-order valence-corrected chi connectivity index (χ3v) is 8.35. The van der Waals surface area contributed by atoms with Gasteiger partial charge in [0.05, 0.1) is 19.8 Å². The Morgan fingerprint density at radius 3 is 2.54 bits per heavy atom. The molecule has 1 fully saturated rings. The first-order valence-corrected chi connectivity index (χ1v) is 14.5. The predicted molar refractivity (Wildman–Crippen MR) is 160 cm³/mol. The number of aromatic nitrogens is 3. The number of para-hydroxylation sites is 1. The lowest BCUT2D eigenvalue weighted by Gasteiger charge is -2.35. The van der Waals surface area contributed by atoms with E-state index in [0.29, 0.717) is 23.6 Å². The standard InChI is InChI=1S/C32H38N6O3/c1-40-26-13-8-11-24(30(26)41-2)21-33-32(39)27-25-12-6-7-15-38(25)29-28(27)34-22-35-31(29)37-19-17-36(18-20-37)16-14-23-9-4-3-5-10-23/h3-5,8-11,13,22H,6-7,12,14-21H2,1-2H3,(H,33,39). The molecule has 1 saturated heterocycles. The SMILES string of the molecule is COc1cccc(CNC(=O)c2c3n(c4c(N5CCN(CCc6ccccc6)CC5)ncnc24)CCCC3)c1OC. The average Bonchev–Trinajstić information content (AvgIpc) is 3.38. The summed E-state index contributed by atoms with van der Waals surface area (Å²) in [6, 6.07) is 16.4. The number of amides is 1. The molecule has 4 heterocycles. The summed E-state index contributed by atoms with van der Waals surface area (Å²) in [4.78, 5) is 28.1. The van der Waals surface area contributed by atoms with Crippen LogP contribution in [0.3, 0.4) is 0 Å². The molecule has 0 unspecified atom stereocenters. The van der Waals surface area contributed by atoms with Crippen molar-refractivity contribution < 1.29 is 14.3 Å². The number of fused-ring (bicyclic) bond motifs is 3. The molecule has 214 valence electrons. The van der Waals surface area contributed by atoms with Gasteiger partial charge in [-0.3, -0.25) is 9.69 Å². The molecule has 6 rings (SSSR count). The minimum Gasteiger partial charge on any atom is -0.493 e. The van der Waals surface area contributed by atoms with Gasteiger partial charge < -0.3 is 24.3 Å². The number of nitrogens with zero attached hydrogens (tertiary/aromatic N) is 5. The molecule has 9 nitrogen and oxygen atoms in total. The van der Waals surface area contributed by atoms with Gasteiger partial charge in [-0.15, -0.1) is 0 Å². The maximum atomic E-state index is 13.8. The second-order valence-electron chi connectivity index (χ2n) is 10.7. The minimum absolute atomic E-state index is 0.120. The van der Waals surface area contributed by atoms with Crippen molar-refractivity contribution >= 4 is 22.8 Å². The molecule has 9 heteroatoms. The molecule has 0 bridgehead atoms. The van der Waals surface area contributed by atoms with Crippen molar-refractivity contribution in [2.45, 2.75) is 38.8 Å². The Kier molecular flexibility index (Phi) is 8.04. The van der Waals surface area contributed by atoms with Crippen molar-refractivity contribution in [3.05, 3.63) is 77.2 Å². The van der Waals surface area contributed by atoms with Crippen LogP contribution < -0.4 is 19.7 Å². The quantitative estimate of drug-likeness (QED) is 0.334. The smallest absolute Gasteiger partial charge is 0.255 e. The number of methoxy groups -OCH3 is 2. The first-order chi connectivity index (χ1) is 20.2. The van der Waals surface area contributed by atoms with Crippen molar-refractivity contribution in [1.82, 2.24) is 24.8 Å². The van der Waals surface area contributed by atoms with Gasteiger partial charge in [0.2, 0.25) is 0 Å². The molecule has 2 aromatic heterocycles. The van der Waals surface area contributed by atoms with E-state index in [1.54, 1.807) is 20.5 Å². The van der Waals surface area contributed by atoms with E-state index in [1.807, 2.05) is 18.2 Å². The number of rotatable bonds is 9. The van der Waals surface area contributed by atoms with E-state index in [2.05, 4.69) is 55.0 Å². The van der Waals surface area contributed by atoms with Gasteiger partial charge in [0, 0.05) is 57.1 Å². The zero-order valence-corrected chi connectivity index (χ0v) is 23.9. The van der Waals surface area contributed by atoms with Crippen LogP contribution in [0.2, 0.25) is 0 Å². The van der Waals surface area contributed by atoms with Gasteiger partial charge in [0.1, 0.15) is 17.4 Å². The maximum Gasteiger partial charge on any atom is 0.255 e. The second-order valence-corrected chi connectivity index (χ2v) is 10.7. The fraction of sp³-hybridized carbons (Fsp3) is 0.406. The topological polar surface area (TPSA) is 84.8 Å². The second kappa shape index (κ2) is 12.2. The number of carbonyl (C=O) groups excluding carboxylic acids is 1. The summed E-state index contributed by atoms with van der Waals surface area (Å²) < 4.78 is 13.3. The molecule has 2 aliphatic rings. The van der Waals surface area contributed by atoms with Crippen molar-refractivity contribution in [2.75, 3.05) is 51.8 Å². The van der Waals surface area contributed by atoms with Crippen LogP contribution in [0.4, 0.5) is 5.82 Å². The number of piperazine rings is 1. The van der Waals surface area contributed by atoms with Crippen LogP contribution in [-0.2, 0) is 25.9 Å². The fourth-order valence-corrected chi connectivity index (χ4v) is 6.22. The van der Waals surface area contributed by atoms with Gasteiger partial charge in [-0.1, -0.05) is 42.5 Å². The highest BCUT2D eigenvalue weighted by molar-refractivity contribution is 6.09. The molecule has 0 saturated carbocycles. The Balaban J connectivity index is 1.22. The lowest BCUT2D eigenvalue weighted by molar-refractivity contribution is 0.0950. The largest absolute Gasteiger partial charge is 0.493 e. The highest BCUT2D eigenvalue weighted by Crippen LogP contribution is 2.35.